The van der Waals surface area contributed by atoms with Crippen molar-refractivity contribution >= 4 is 29.3 Å². The Labute approximate surface area is 154 Å². The number of rotatable bonds is 8. The minimum Gasteiger partial charge on any atom is -0.462 e. The number of aromatic amines is 1. The highest BCUT2D eigenvalue weighted by Crippen LogP contribution is 2.14. The number of unbranched alkanes of at least 4 members (excludes halogenated alkanes) is 1. The van der Waals surface area contributed by atoms with Crippen molar-refractivity contribution in [2.45, 2.75) is 31.8 Å². The van der Waals surface area contributed by atoms with E-state index >= 15 is 0 Å². The van der Waals surface area contributed by atoms with Crippen molar-refractivity contribution in [1.82, 2.24) is 15.2 Å². The number of carbonyl (C=O) groups is 2. The van der Waals surface area contributed by atoms with Crippen LogP contribution in [-0.2, 0) is 9.53 Å². The molecule has 0 unspecified atom stereocenters. The molecule has 0 fully saturated rings. The van der Waals surface area contributed by atoms with E-state index in [9.17, 15) is 14.4 Å². The number of nitrogens with zero attached hydrogens (tertiary/aromatic N) is 2. The van der Waals surface area contributed by atoms with Crippen molar-refractivity contribution in [3.05, 3.63) is 45.9 Å². The summed E-state index contributed by atoms with van der Waals surface area (Å²) in [6, 6.07) is 6.54. The van der Waals surface area contributed by atoms with E-state index in [2.05, 4.69) is 20.5 Å². The van der Waals surface area contributed by atoms with Gasteiger partial charge in [0.25, 0.3) is 5.56 Å². The van der Waals surface area contributed by atoms with Gasteiger partial charge in [-0.25, -0.2) is 4.79 Å². The van der Waals surface area contributed by atoms with E-state index in [-0.39, 0.29) is 28.1 Å². The van der Waals surface area contributed by atoms with Gasteiger partial charge in [-0.15, -0.1) is 10.2 Å². The molecular weight excluding hydrogens is 356 g/mol. The number of ether oxygens (including phenoxy) is 1. The molecule has 1 amide bonds. The highest BCUT2D eigenvalue weighted by Gasteiger charge is 2.10. The second-order valence-electron chi connectivity index (χ2n) is 5.45. The number of aryl methyl sites for hydroxylation is 1. The highest BCUT2D eigenvalue weighted by molar-refractivity contribution is 7.99. The Balaban J connectivity index is 1.90. The minimum absolute atomic E-state index is 0.0405. The molecule has 0 bridgehead atoms. The van der Waals surface area contributed by atoms with Crippen molar-refractivity contribution in [3.63, 3.8) is 0 Å². The first kappa shape index (κ1) is 19.6. The summed E-state index contributed by atoms with van der Waals surface area (Å²) >= 11 is 1.06. The molecule has 1 aromatic heterocycles. The van der Waals surface area contributed by atoms with Crippen LogP contribution in [0.1, 0.15) is 35.8 Å². The summed E-state index contributed by atoms with van der Waals surface area (Å²) in [6.45, 7) is 3.94. The van der Waals surface area contributed by atoms with E-state index in [1.54, 1.807) is 31.2 Å². The number of thioether (sulfide) groups is 1. The lowest BCUT2D eigenvalue weighted by atomic mass is 10.2. The number of benzene rings is 1. The van der Waals surface area contributed by atoms with Gasteiger partial charge >= 0.3 is 5.97 Å². The number of anilines is 1. The summed E-state index contributed by atoms with van der Waals surface area (Å²) in [6.07, 6.45) is 1.75. The Morgan fingerprint density at radius 3 is 2.85 bits per heavy atom. The van der Waals surface area contributed by atoms with Gasteiger partial charge in [0, 0.05) is 5.69 Å². The lowest BCUT2D eigenvalue weighted by Gasteiger charge is -2.07. The van der Waals surface area contributed by atoms with Crippen LogP contribution in [0.25, 0.3) is 0 Å². The third-order valence-corrected chi connectivity index (χ3v) is 4.16. The average Bonchev–Trinajstić information content (AvgIpc) is 2.63. The number of nitrogens with one attached hydrogen (secondary N) is 2. The molecule has 9 heteroatoms. The van der Waals surface area contributed by atoms with E-state index in [0.717, 1.165) is 24.6 Å². The highest BCUT2D eigenvalue weighted by atomic mass is 32.2. The van der Waals surface area contributed by atoms with Crippen molar-refractivity contribution < 1.29 is 14.3 Å². The van der Waals surface area contributed by atoms with E-state index in [1.165, 1.54) is 0 Å². The molecule has 0 saturated heterocycles. The standard InChI is InChI=1S/C17H20N4O4S/c1-3-4-8-25-16(24)12-6-5-7-13(9-12)18-14(22)10-26-17-19-15(23)11(2)20-21-17/h5-7,9H,3-4,8,10H2,1-2H3,(H,18,22)(H,19,21,23). The van der Waals surface area contributed by atoms with Crippen molar-refractivity contribution in [1.29, 1.82) is 0 Å². The number of carbonyl (C=O) groups excluding carboxylic acids is 2. The molecule has 0 aliphatic heterocycles. The van der Waals surface area contributed by atoms with Crippen LogP contribution >= 0.6 is 11.8 Å². The maximum atomic E-state index is 12.0. The van der Waals surface area contributed by atoms with Crippen LogP contribution in [0.2, 0.25) is 0 Å². The molecule has 0 radical (unpaired) electrons. The zero-order valence-corrected chi connectivity index (χ0v) is 15.4. The lowest BCUT2D eigenvalue weighted by Crippen LogP contribution is -2.17. The van der Waals surface area contributed by atoms with Gasteiger partial charge in [-0.3, -0.25) is 14.6 Å². The molecule has 138 valence electrons. The van der Waals surface area contributed by atoms with Crippen LogP contribution in [0.3, 0.4) is 0 Å². The van der Waals surface area contributed by atoms with Crippen molar-refractivity contribution in [2.75, 3.05) is 17.7 Å². The van der Waals surface area contributed by atoms with Gasteiger partial charge in [-0.2, -0.15) is 0 Å². The molecule has 1 heterocycles. The van der Waals surface area contributed by atoms with Crippen LogP contribution in [0, 0.1) is 6.92 Å². The summed E-state index contributed by atoms with van der Waals surface area (Å²) < 4.78 is 5.15. The Kier molecular flexibility index (Phi) is 7.34. The molecule has 2 N–H and O–H groups in total. The molecule has 0 atom stereocenters. The van der Waals surface area contributed by atoms with Crippen LogP contribution in [-0.4, -0.2) is 39.4 Å². The van der Waals surface area contributed by atoms with E-state index in [1.807, 2.05) is 6.92 Å². The molecule has 2 aromatic rings. The van der Waals surface area contributed by atoms with Crippen LogP contribution in [0.15, 0.2) is 34.2 Å². The molecule has 0 spiro atoms. The number of esters is 1. The first-order valence-corrected chi connectivity index (χ1v) is 9.11. The van der Waals surface area contributed by atoms with Gasteiger partial charge < -0.3 is 10.1 Å². The number of H-pyrrole nitrogens is 1. The molecule has 26 heavy (non-hydrogen) atoms. The molecule has 0 aliphatic carbocycles. The van der Waals surface area contributed by atoms with Gasteiger partial charge in [0.15, 0.2) is 5.16 Å². The van der Waals surface area contributed by atoms with E-state index < -0.39 is 5.97 Å². The summed E-state index contributed by atoms with van der Waals surface area (Å²) in [4.78, 5) is 38.0. The number of hydrogen-bond donors (Lipinski definition) is 2. The zero-order chi connectivity index (χ0) is 18.9. The van der Waals surface area contributed by atoms with Gasteiger partial charge in [0.2, 0.25) is 5.91 Å². The fourth-order valence-corrected chi connectivity index (χ4v) is 2.49. The lowest BCUT2D eigenvalue weighted by molar-refractivity contribution is -0.113. The van der Waals surface area contributed by atoms with Gasteiger partial charge in [0.05, 0.1) is 17.9 Å². The predicted molar refractivity (Wildman–Crippen MR) is 98.4 cm³/mol. The third kappa shape index (κ3) is 5.99. The van der Waals surface area contributed by atoms with E-state index in [4.69, 9.17) is 4.74 Å². The Morgan fingerprint density at radius 1 is 1.31 bits per heavy atom. The Morgan fingerprint density at radius 2 is 2.12 bits per heavy atom. The predicted octanol–water partition coefficient (Wildman–Crippen LogP) is 2.16. The van der Waals surface area contributed by atoms with Gasteiger partial charge in [-0.1, -0.05) is 31.2 Å². The maximum Gasteiger partial charge on any atom is 0.338 e. The quantitative estimate of drug-likeness (QED) is 0.412. The molecule has 8 nitrogen and oxygen atoms in total. The SMILES string of the molecule is CCCCOC(=O)c1cccc(NC(=O)CSc2nnc(C)c(=O)[nH]2)c1. The average molecular weight is 376 g/mol. The molecule has 0 aliphatic rings. The monoisotopic (exact) mass is 376 g/mol. The largest absolute Gasteiger partial charge is 0.462 e. The molecule has 0 saturated carbocycles. The summed E-state index contributed by atoms with van der Waals surface area (Å²) in [5, 5.41) is 10.5. The fraction of sp³-hybridized carbons (Fsp3) is 0.353. The second kappa shape index (κ2) is 9.71. The fourth-order valence-electron chi connectivity index (χ4n) is 1.89. The smallest absolute Gasteiger partial charge is 0.338 e. The van der Waals surface area contributed by atoms with Crippen LogP contribution in [0.5, 0.6) is 0 Å². The molecule has 1 aromatic carbocycles. The number of amides is 1. The Hall–Kier alpha value is -2.68. The van der Waals surface area contributed by atoms with Gasteiger partial charge in [-0.05, 0) is 31.5 Å². The maximum absolute atomic E-state index is 12.0. The first-order valence-electron chi connectivity index (χ1n) is 8.13. The number of aromatic nitrogens is 3. The zero-order valence-electron chi connectivity index (χ0n) is 14.6. The Bertz CT molecular complexity index is 838. The summed E-state index contributed by atoms with van der Waals surface area (Å²) in [5.41, 5.74) is 0.794. The van der Waals surface area contributed by atoms with Gasteiger partial charge in [0.1, 0.15) is 5.69 Å². The number of hydrogen-bond acceptors (Lipinski definition) is 7. The summed E-state index contributed by atoms with van der Waals surface area (Å²) in [7, 11) is 0. The van der Waals surface area contributed by atoms with Crippen LogP contribution in [0.4, 0.5) is 5.69 Å². The van der Waals surface area contributed by atoms with Crippen molar-refractivity contribution in [3.8, 4) is 0 Å². The minimum atomic E-state index is -0.420. The van der Waals surface area contributed by atoms with E-state index in [0.29, 0.717) is 17.9 Å². The second-order valence-corrected chi connectivity index (χ2v) is 6.42. The molecule has 2 rings (SSSR count). The summed E-state index contributed by atoms with van der Waals surface area (Å²) in [5.74, 6) is -0.676. The third-order valence-electron chi connectivity index (χ3n) is 3.29. The molecular formula is C17H20N4O4S. The normalized spacial score (nSPS) is 10.4. The van der Waals surface area contributed by atoms with Crippen molar-refractivity contribution in [2.24, 2.45) is 0 Å². The first-order chi connectivity index (χ1) is 12.5. The topological polar surface area (TPSA) is 114 Å². The van der Waals surface area contributed by atoms with Crippen LogP contribution < -0.4 is 10.9 Å².